The van der Waals surface area contributed by atoms with Crippen LogP contribution in [0.3, 0.4) is 0 Å². The molecule has 0 saturated carbocycles. The summed E-state index contributed by atoms with van der Waals surface area (Å²) in [6.07, 6.45) is 0.738. The summed E-state index contributed by atoms with van der Waals surface area (Å²) >= 11 is 10.5. The summed E-state index contributed by atoms with van der Waals surface area (Å²) in [5.41, 5.74) is 0. The molecule has 0 heterocycles. The number of halogens is 2. The molecule has 0 aromatic heterocycles. The predicted molar refractivity (Wildman–Crippen MR) is 44.3 cm³/mol. The molecule has 0 spiro atoms. The lowest BCUT2D eigenvalue weighted by atomic mass is 10.5. The Kier molecular flexibility index (Phi) is 4.59. The molecule has 0 aliphatic rings. The van der Waals surface area contributed by atoms with Crippen molar-refractivity contribution in [3.8, 4) is 0 Å². The smallest absolute Gasteiger partial charge is 0.222 e. The molecule has 10 heavy (non-hydrogen) atoms. The third kappa shape index (κ3) is 5.28. The number of carbonyl (C=O) groups is 1. The van der Waals surface area contributed by atoms with E-state index >= 15 is 0 Å². The van der Waals surface area contributed by atoms with Gasteiger partial charge in [0.25, 0.3) is 0 Å². The molecule has 60 valence electrons. The zero-order valence-corrected chi connectivity index (χ0v) is 8.05. The molecule has 0 radical (unpaired) electrons. The monoisotopic (exact) mass is 202 g/mol. The first-order valence-electron chi connectivity index (χ1n) is 2.94. The van der Waals surface area contributed by atoms with Gasteiger partial charge < -0.3 is 4.57 Å². The fraction of sp³-hybridized carbons (Fsp3) is 0.800. The molecule has 0 saturated heterocycles. The van der Waals surface area contributed by atoms with Gasteiger partial charge in [0.1, 0.15) is 0 Å². The summed E-state index contributed by atoms with van der Waals surface area (Å²) in [5, 5.41) is -0.477. The largest absolute Gasteiger partial charge is 0.307 e. The number of hydrogen-bond acceptors (Lipinski definition) is 2. The molecular formula is C5H9Cl2O2P. The fourth-order valence-electron chi connectivity index (χ4n) is 0.413. The van der Waals surface area contributed by atoms with Gasteiger partial charge in [-0.1, -0.05) is 18.2 Å². The Morgan fingerprint density at radius 3 is 2.40 bits per heavy atom. The van der Waals surface area contributed by atoms with Crippen LogP contribution in [0.2, 0.25) is 0 Å². The normalized spacial score (nSPS) is 16.3. The second-order valence-corrected chi connectivity index (χ2v) is 6.86. The van der Waals surface area contributed by atoms with Gasteiger partial charge >= 0.3 is 0 Å². The summed E-state index contributed by atoms with van der Waals surface area (Å²) in [6.45, 7) is -0.832. The Labute approximate surface area is 70.0 Å². The van der Waals surface area contributed by atoms with Crippen molar-refractivity contribution in [2.45, 2.75) is 13.3 Å². The van der Waals surface area contributed by atoms with Gasteiger partial charge in [0.05, 0.1) is 0 Å². The second-order valence-electron chi connectivity index (χ2n) is 1.93. The van der Waals surface area contributed by atoms with Crippen molar-refractivity contribution < 1.29 is 9.36 Å². The van der Waals surface area contributed by atoms with Crippen LogP contribution in [0.4, 0.5) is 0 Å². The van der Waals surface area contributed by atoms with Gasteiger partial charge in [-0.25, -0.2) is 0 Å². The van der Waals surface area contributed by atoms with Crippen LogP contribution in [0.15, 0.2) is 0 Å². The van der Waals surface area contributed by atoms with Crippen molar-refractivity contribution in [3.05, 3.63) is 0 Å². The molecule has 5 heteroatoms. The van der Waals surface area contributed by atoms with Crippen LogP contribution in [-0.2, 0) is 9.36 Å². The van der Waals surface area contributed by atoms with Crippen molar-refractivity contribution in [1.29, 1.82) is 0 Å². The molecule has 2 nitrogen and oxygen atoms in total. The SMILES string of the molecule is CCP(=O)(Cl)CCC(=O)Cl. The quantitative estimate of drug-likeness (QED) is 0.519. The molecule has 1 unspecified atom stereocenters. The van der Waals surface area contributed by atoms with Gasteiger partial charge in [0.2, 0.25) is 5.24 Å². The van der Waals surface area contributed by atoms with E-state index in [0.717, 1.165) is 0 Å². The van der Waals surface area contributed by atoms with E-state index in [1.54, 1.807) is 6.92 Å². The summed E-state index contributed by atoms with van der Waals surface area (Å²) in [7, 11) is 0. The molecule has 0 aromatic rings. The first-order valence-corrected chi connectivity index (χ1v) is 6.30. The highest BCUT2D eigenvalue weighted by Crippen LogP contribution is 2.51. The lowest BCUT2D eigenvalue weighted by Gasteiger charge is -2.03. The van der Waals surface area contributed by atoms with E-state index in [-0.39, 0.29) is 12.6 Å². The van der Waals surface area contributed by atoms with Crippen LogP contribution in [0, 0.1) is 0 Å². The van der Waals surface area contributed by atoms with Crippen LogP contribution in [0.5, 0.6) is 0 Å². The lowest BCUT2D eigenvalue weighted by molar-refractivity contribution is -0.111. The van der Waals surface area contributed by atoms with E-state index in [9.17, 15) is 9.36 Å². The minimum absolute atomic E-state index is 0.107. The van der Waals surface area contributed by atoms with Crippen molar-refractivity contribution in [2.24, 2.45) is 0 Å². The lowest BCUT2D eigenvalue weighted by Crippen LogP contribution is -1.92. The van der Waals surface area contributed by atoms with E-state index in [1.807, 2.05) is 0 Å². The average molecular weight is 203 g/mol. The standard InChI is InChI=1S/C5H9Cl2O2P/c1-2-10(7,9)4-3-5(6)8/h2-4H2,1H3. The van der Waals surface area contributed by atoms with Crippen molar-refractivity contribution in [2.75, 3.05) is 12.3 Å². The predicted octanol–water partition coefficient (Wildman–Crippen LogP) is 2.68. The van der Waals surface area contributed by atoms with E-state index in [1.165, 1.54) is 0 Å². The van der Waals surface area contributed by atoms with Gasteiger partial charge in [-0.05, 0) is 11.6 Å². The Morgan fingerprint density at radius 2 is 2.10 bits per heavy atom. The maximum absolute atomic E-state index is 11.0. The van der Waals surface area contributed by atoms with Crippen LogP contribution in [0.25, 0.3) is 0 Å². The van der Waals surface area contributed by atoms with E-state index < -0.39 is 11.7 Å². The van der Waals surface area contributed by atoms with Crippen molar-refractivity contribution in [1.82, 2.24) is 0 Å². The topological polar surface area (TPSA) is 34.1 Å². The zero-order chi connectivity index (χ0) is 8.20. The Bertz CT molecular complexity index is 169. The van der Waals surface area contributed by atoms with Gasteiger partial charge in [-0.3, -0.25) is 4.79 Å². The van der Waals surface area contributed by atoms with E-state index in [0.29, 0.717) is 6.16 Å². The molecule has 0 aromatic carbocycles. The first kappa shape index (κ1) is 10.5. The van der Waals surface area contributed by atoms with E-state index in [2.05, 4.69) is 0 Å². The summed E-state index contributed by atoms with van der Waals surface area (Å²) in [6, 6.07) is 0. The molecule has 0 amide bonds. The highest BCUT2D eigenvalue weighted by Gasteiger charge is 2.15. The Hall–Kier alpha value is 0.480. The number of rotatable bonds is 4. The highest BCUT2D eigenvalue weighted by atomic mass is 35.7. The molecular weight excluding hydrogens is 194 g/mol. The van der Waals surface area contributed by atoms with Crippen LogP contribution in [0.1, 0.15) is 13.3 Å². The highest BCUT2D eigenvalue weighted by molar-refractivity contribution is 7.89. The number of carbonyl (C=O) groups excluding carboxylic acids is 1. The Morgan fingerprint density at radius 1 is 1.60 bits per heavy atom. The van der Waals surface area contributed by atoms with Crippen LogP contribution < -0.4 is 0 Å². The van der Waals surface area contributed by atoms with E-state index in [4.69, 9.17) is 22.8 Å². The maximum atomic E-state index is 11.0. The van der Waals surface area contributed by atoms with Gasteiger partial charge in [0, 0.05) is 18.7 Å². The van der Waals surface area contributed by atoms with Crippen molar-refractivity contribution in [3.63, 3.8) is 0 Å². The summed E-state index contributed by atoms with van der Waals surface area (Å²) < 4.78 is 11.0. The molecule has 0 N–H and O–H groups in total. The third-order valence-electron chi connectivity index (χ3n) is 1.11. The zero-order valence-electron chi connectivity index (χ0n) is 5.64. The third-order valence-corrected chi connectivity index (χ3v) is 4.36. The molecule has 1 atom stereocenters. The Balaban J connectivity index is 3.68. The summed E-state index contributed by atoms with van der Waals surface area (Å²) in [4.78, 5) is 10.2. The van der Waals surface area contributed by atoms with Gasteiger partial charge in [-0.15, -0.1) is 0 Å². The van der Waals surface area contributed by atoms with Crippen LogP contribution >= 0.6 is 29.3 Å². The average Bonchev–Trinajstić information content (AvgIpc) is 1.85. The minimum atomic E-state index is -2.56. The maximum Gasteiger partial charge on any atom is 0.222 e. The molecule has 0 bridgehead atoms. The summed E-state index contributed by atoms with van der Waals surface area (Å²) in [5.74, 6) is 0. The minimum Gasteiger partial charge on any atom is -0.307 e. The molecule has 0 rings (SSSR count). The van der Waals surface area contributed by atoms with Gasteiger partial charge in [0.15, 0.2) is 6.49 Å². The molecule has 0 fully saturated rings. The van der Waals surface area contributed by atoms with Crippen molar-refractivity contribution >= 4 is 34.6 Å². The number of hydrogen-bond donors (Lipinski definition) is 0. The molecule has 0 aliphatic heterocycles. The second kappa shape index (κ2) is 4.38. The fourth-order valence-corrected chi connectivity index (χ4v) is 1.75. The first-order chi connectivity index (χ1) is 4.48. The van der Waals surface area contributed by atoms with Gasteiger partial charge in [-0.2, -0.15) is 0 Å². The molecule has 0 aliphatic carbocycles. The van der Waals surface area contributed by atoms with Crippen LogP contribution in [-0.4, -0.2) is 17.6 Å².